The molecular weight excluding hydrogens is 253 g/mol. The Balaban J connectivity index is 2.92. The van der Waals surface area contributed by atoms with Gasteiger partial charge >= 0.3 is 5.97 Å². The van der Waals surface area contributed by atoms with E-state index in [-0.39, 0.29) is 22.2 Å². The Kier molecular flexibility index (Phi) is 4.41. The minimum absolute atomic E-state index is 0.0218. The van der Waals surface area contributed by atoms with Gasteiger partial charge in [0.15, 0.2) is 5.75 Å². The zero-order valence-electron chi connectivity index (χ0n) is 8.54. The Bertz CT molecular complexity index is 386. The summed E-state index contributed by atoms with van der Waals surface area (Å²) in [6, 6.07) is 2.37. The number of phenols is 1. The maximum Gasteiger partial charge on any atom is 0.307 e. The number of hydrogen-bond donors (Lipinski definition) is 2. The van der Waals surface area contributed by atoms with Crippen LogP contribution in [0.15, 0.2) is 12.1 Å². The molecule has 0 amide bonds. The summed E-state index contributed by atoms with van der Waals surface area (Å²) in [6.07, 6.45) is 0.0218. The van der Waals surface area contributed by atoms with E-state index in [2.05, 4.69) is 4.74 Å². The first-order valence-electron chi connectivity index (χ1n) is 4.46. The van der Waals surface area contributed by atoms with Crippen molar-refractivity contribution in [2.24, 2.45) is 5.73 Å². The van der Waals surface area contributed by atoms with Crippen LogP contribution in [0.3, 0.4) is 0 Å². The zero-order chi connectivity index (χ0) is 12.3. The van der Waals surface area contributed by atoms with Crippen molar-refractivity contribution in [3.8, 4) is 5.75 Å². The normalized spacial score (nSPS) is 12.2. The zero-order valence-corrected chi connectivity index (χ0v) is 10.0. The molecule has 0 heterocycles. The standard InChI is InChI=1S/C10H11Cl2NO3/c1-16-9(14)4-8(13)5-2-6(11)10(15)7(12)3-5/h2-3,8,15H,4,13H2,1H3. The van der Waals surface area contributed by atoms with Gasteiger partial charge in [-0.05, 0) is 17.7 Å². The van der Waals surface area contributed by atoms with E-state index >= 15 is 0 Å². The fourth-order valence-electron chi connectivity index (χ4n) is 1.18. The van der Waals surface area contributed by atoms with Crippen LogP contribution in [0.5, 0.6) is 5.75 Å². The lowest BCUT2D eigenvalue weighted by Crippen LogP contribution is -2.16. The van der Waals surface area contributed by atoms with Crippen LogP contribution in [0.25, 0.3) is 0 Å². The van der Waals surface area contributed by atoms with Crippen molar-refractivity contribution in [1.82, 2.24) is 0 Å². The van der Waals surface area contributed by atoms with Gasteiger partial charge in [0.1, 0.15) is 0 Å². The first kappa shape index (κ1) is 13.1. The molecule has 0 saturated carbocycles. The third kappa shape index (κ3) is 3.01. The maximum absolute atomic E-state index is 11.0. The van der Waals surface area contributed by atoms with Crippen LogP contribution in [-0.2, 0) is 9.53 Å². The van der Waals surface area contributed by atoms with Gasteiger partial charge in [0.2, 0.25) is 0 Å². The van der Waals surface area contributed by atoms with Crippen LogP contribution in [0.2, 0.25) is 10.0 Å². The predicted molar refractivity (Wildman–Crippen MR) is 61.7 cm³/mol. The van der Waals surface area contributed by atoms with E-state index in [0.29, 0.717) is 5.56 Å². The molecule has 0 spiro atoms. The molecule has 1 atom stereocenters. The number of benzene rings is 1. The summed E-state index contributed by atoms with van der Waals surface area (Å²) in [5.74, 6) is -0.620. The summed E-state index contributed by atoms with van der Waals surface area (Å²) in [5, 5.41) is 9.54. The van der Waals surface area contributed by atoms with Crippen LogP contribution >= 0.6 is 23.2 Å². The molecule has 0 bridgehead atoms. The Morgan fingerprint density at radius 1 is 1.50 bits per heavy atom. The molecule has 0 radical (unpaired) electrons. The molecule has 0 fully saturated rings. The molecule has 0 aromatic heterocycles. The fraction of sp³-hybridized carbons (Fsp3) is 0.300. The molecule has 4 nitrogen and oxygen atoms in total. The molecule has 16 heavy (non-hydrogen) atoms. The number of aromatic hydroxyl groups is 1. The first-order valence-corrected chi connectivity index (χ1v) is 5.21. The van der Waals surface area contributed by atoms with Crippen LogP contribution in [0, 0.1) is 0 Å². The highest BCUT2D eigenvalue weighted by Gasteiger charge is 2.15. The molecule has 0 aliphatic heterocycles. The monoisotopic (exact) mass is 263 g/mol. The average Bonchev–Trinajstić information content (AvgIpc) is 2.24. The highest BCUT2D eigenvalue weighted by atomic mass is 35.5. The molecule has 0 saturated heterocycles. The number of rotatable bonds is 3. The van der Waals surface area contributed by atoms with Crippen LogP contribution in [-0.4, -0.2) is 18.2 Å². The number of ether oxygens (including phenoxy) is 1. The van der Waals surface area contributed by atoms with E-state index in [1.807, 2.05) is 0 Å². The predicted octanol–water partition coefficient (Wildman–Crippen LogP) is 2.26. The molecule has 1 rings (SSSR count). The summed E-state index contributed by atoms with van der Waals surface area (Å²) in [7, 11) is 1.28. The van der Waals surface area contributed by atoms with E-state index < -0.39 is 12.0 Å². The fourth-order valence-corrected chi connectivity index (χ4v) is 1.68. The van der Waals surface area contributed by atoms with E-state index in [0.717, 1.165) is 0 Å². The number of phenolic OH excluding ortho intramolecular Hbond substituents is 1. The summed E-state index contributed by atoms with van der Waals surface area (Å²) in [6.45, 7) is 0. The van der Waals surface area contributed by atoms with Crippen LogP contribution < -0.4 is 5.73 Å². The minimum atomic E-state index is -0.567. The Morgan fingerprint density at radius 2 is 2.00 bits per heavy atom. The number of carbonyl (C=O) groups is 1. The number of hydrogen-bond acceptors (Lipinski definition) is 4. The third-order valence-corrected chi connectivity index (χ3v) is 2.66. The van der Waals surface area contributed by atoms with Gasteiger partial charge in [-0.3, -0.25) is 4.79 Å². The molecule has 1 aromatic rings. The minimum Gasteiger partial charge on any atom is -0.505 e. The molecule has 1 unspecified atom stereocenters. The smallest absolute Gasteiger partial charge is 0.307 e. The first-order chi connectivity index (χ1) is 7.45. The molecule has 0 aliphatic carbocycles. The largest absolute Gasteiger partial charge is 0.505 e. The SMILES string of the molecule is COC(=O)CC(N)c1cc(Cl)c(O)c(Cl)c1. The second kappa shape index (κ2) is 5.39. The lowest BCUT2D eigenvalue weighted by Gasteiger charge is -2.12. The molecule has 0 aliphatic rings. The second-order valence-electron chi connectivity index (χ2n) is 3.22. The van der Waals surface area contributed by atoms with Crippen LogP contribution in [0.1, 0.15) is 18.0 Å². The quantitative estimate of drug-likeness (QED) is 0.821. The highest BCUT2D eigenvalue weighted by molar-refractivity contribution is 6.37. The van der Waals surface area contributed by atoms with Crippen molar-refractivity contribution >= 4 is 29.2 Å². The summed E-state index contributed by atoms with van der Waals surface area (Å²) < 4.78 is 4.49. The van der Waals surface area contributed by atoms with Gasteiger partial charge < -0.3 is 15.6 Å². The molecule has 6 heteroatoms. The van der Waals surface area contributed by atoms with E-state index in [9.17, 15) is 9.90 Å². The Hall–Kier alpha value is -0.970. The van der Waals surface area contributed by atoms with Crippen molar-refractivity contribution in [2.45, 2.75) is 12.5 Å². The second-order valence-corrected chi connectivity index (χ2v) is 4.03. The van der Waals surface area contributed by atoms with Crippen molar-refractivity contribution in [2.75, 3.05) is 7.11 Å². The van der Waals surface area contributed by atoms with Gasteiger partial charge in [-0.25, -0.2) is 0 Å². The van der Waals surface area contributed by atoms with E-state index in [4.69, 9.17) is 28.9 Å². The summed E-state index contributed by atoms with van der Waals surface area (Å²) in [5.41, 5.74) is 6.33. The number of methoxy groups -OCH3 is 1. The highest BCUT2D eigenvalue weighted by Crippen LogP contribution is 2.34. The Morgan fingerprint density at radius 3 is 2.44 bits per heavy atom. The molecule has 1 aromatic carbocycles. The molecule has 88 valence electrons. The number of nitrogens with two attached hydrogens (primary N) is 1. The van der Waals surface area contributed by atoms with Gasteiger partial charge in [0, 0.05) is 6.04 Å². The number of carbonyl (C=O) groups excluding carboxylic acids is 1. The topological polar surface area (TPSA) is 72.5 Å². The molecular formula is C10H11Cl2NO3. The van der Waals surface area contributed by atoms with Gasteiger partial charge in [0.05, 0.1) is 23.6 Å². The van der Waals surface area contributed by atoms with Crippen molar-refractivity contribution < 1.29 is 14.6 Å². The summed E-state index contributed by atoms with van der Waals surface area (Å²) >= 11 is 11.5. The number of halogens is 2. The van der Waals surface area contributed by atoms with E-state index in [1.54, 1.807) is 0 Å². The number of esters is 1. The third-order valence-electron chi connectivity index (χ3n) is 2.08. The van der Waals surface area contributed by atoms with Crippen LogP contribution in [0.4, 0.5) is 0 Å². The average molecular weight is 264 g/mol. The maximum atomic E-state index is 11.0. The van der Waals surface area contributed by atoms with Crippen molar-refractivity contribution in [3.63, 3.8) is 0 Å². The van der Waals surface area contributed by atoms with Crippen molar-refractivity contribution in [1.29, 1.82) is 0 Å². The van der Waals surface area contributed by atoms with Crippen molar-refractivity contribution in [3.05, 3.63) is 27.7 Å². The summed E-state index contributed by atoms with van der Waals surface area (Å²) in [4.78, 5) is 11.0. The van der Waals surface area contributed by atoms with Gasteiger partial charge in [0.25, 0.3) is 0 Å². The Labute approximate surface area is 103 Å². The van der Waals surface area contributed by atoms with Gasteiger partial charge in [-0.1, -0.05) is 23.2 Å². The lowest BCUT2D eigenvalue weighted by atomic mass is 10.0. The lowest BCUT2D eigenvalue weighted by molar-refractivity contribution is -0.141. The molecule has 3 N–H and O–H groups in total. The van der Waals surface area contributed by atoms with E-state index in [1.165, 1.54) is 19.2 Å². The van der Waals surface area contributed by atoms with Gasteiger partial charge in [-0.15, -0.1) is 0 Å². The van der Waals surface area contributed by atoms with Gasteiger partial charge in [-0.2, -0.15) is 0 Å².